The Morgan fingerprint density at radius 2 is 1.88 bits per heavy atom. The van der Waals surface area contributed by atoms with Crippen molar-refractivity contribution >= 4 is 39.3 Å². The van der Waals surface area contributed by atoms with Crippen LogP contribution in [0.4, 0.5) is 11.5 Å². The van der Waals surface area contributed by atoms with Gasteiger partial charge in [-0.25, -0.2) is 9.97 Å². The van der Waals surface area contributed by atoms with Gasteiger partial charge < -0.3 is 15.2 Å². The Labute approximate surface area is 183 Å². The fourth-order valence-corrected chi connectivity index (χ4v) is 4.66. The molecule has 1 unspecified atom stereocenters. The molecule has 0 bridgehead atoms. The van der Waals surface area contributed by atoms with Crippen LogP contribution in [0, 0.1) is 0 Å². The average molecular weight is 423 g/mol. The van der Waals surface area contributed by atoms with Crippen LogP contribution in [0.1, 0.15) is 12.5 Å². The van der Waals surface area contributed by atoms with Crippen molar-refractivity contribution in [2.45, 2.75) is 12.5 Å². The molecule has 1 saturated heterocycles. The summed E-state index contributed by atoms with van der Waals surface area (Å²) in [6.07, 6.45) is 6.02. The Kier molecular flexibility index (Phi) is 4.01. The predicted octanol–water partition coefficient (Wildman–Crippen LogP) is 3.55. The third-order valence-corrected chi connectivity index (χ3v) is 6.25. The molecule has 2 N–H and O–H groups in total. The molecule has 1 aliphatic heterocycles. The number of amides is 1. The zero-order chi connectivity index (χ0) is 21.8. The molecule has 8 heteroatoms. The summed E-state index contributed by atoms with van der Waals surface area (Å²) in [5.41, 5.74) is 10.8. The molecule has 0 saturated carbocycles. The molecule has 1 atom stereocenters. The zero-order valence-corrected chi connectivity index (χ0v) is 17.5. The second-order valence-corrected chi connectivity index (χ2v) is 8.10. The lowest BCUT2D eigenvalue weighted by Crippen LogP contribution is -2.28. The van der Waals surface area contributed by atoms with Crippen LogP contribution < -0.4 is 10.6 Å². The third kappa shape index (κ3) is 2.69. The maximum absolute atomic E-state index is 13.3. The molecular formula is C24H21N7O. The van der Waals surface area contributed by atoms with Gasteiger partial charge in [0.15, 0.2) is 0 Å². The second kappa shape index (κ2) is 6.91. The van der Waals surface area contributed by atoms with Gasteiger partial charge in [-0.1, -0.05) is 30.3 Å². The molecule has 158 valence electrons. The monoisotopic (exact) mass is 423 g/mol. The van der Waals surface area contributed by atoms with Crippen LogP contribution in [-0.4, -0.2) is 36.8 Å². The Bertz CT molecular complexity index is 1480. The van der Waals surface area contributed by atoms with Crippen molar-refractivity contribution in [3.63, 3.8) is 0 Å². The molecule has 1 amide bonds. The molecule has 6 rings (SSSR count). The highest BCUT2D eigenvalue weighted by Crippen LogP contribution is 2.35. The summed E-state index contributed by atoms with van der Waals surface area (Å²) in [6.45, 7) is 0.659. The maximum atomic E-state index is 13.3. The van der Waals surface area contributed by atoms with E-state index in [0.717, 1.165) is 45.2 Å². The summed E-state index contributed by atoms with van der Waals surface area (Å²) in [4.78, 5) is 23.6. The van der Waals surface area contributed by atoms with Gasteiger partial charge in [0, 0.05) is 36.4 Å². The second-order valence-electron chi connectivity index (χ2n) is 8.10. The van der Waals surface area contributed by atoms with Crippen LogP contribution in [0.5, 0.6) is 0 Å². The molecule has 1 fully saturated rings. The van der Waals surface area contributed by atoms with Crippen LogP contribution in [0.25, 0.3) is 33.1 Å². The number of carbonyl (C=O) groups is 1. The summed E-state index contributed by atoms with van der Waals surface area (Å²) < 4.78 is 3.80. The quantitative estimate of drug-likeness (QED) is 0.479. The van der Waals surface area contributed by atoms with Crippen molar-refractivity contribution < 1.29 is 4.79 Å². The van der Waals surface area contributed by atoms with Crippen LogP contribution in [0.15, 0.2) is 67.3 Å². The summed E-state index contributed by atoms with van der Waals surface area (Å²) in [6, 6.07) is 15.7. The fraction of sp³-hybridized carbons (Fsp3) is 0.167. The topological polar surface area (TPSA) is 94.9 Å². The van der Waals surface area contributed by atoms with Gasteiger partial charge in [0.05, 0.1) is 17.1 Å². The number of aromatic nitrogens is 5. The Hall–Kier alpha value is -4.20. The first-order valence-corrected chi connectivity index (χ1v) is 10.5. The van der Waals surface area contributed by atoms with E-state index in [9.17, 15) is 4.79 Å². The molecule has 0 spiro atoms. The van der Waals surface area contributed by atoms with Gasteiger partial charge in [-0.2, -0.15) is 5.10 Å². The molecule has 1 aliphatic rings. The van der Waals surface area contributed by atoms with Gasteiger partial charge in [-0.05, 0) is 30.2 Å². The van der Waals surface area contributed by atoms with Crippen molar-refractivity contribution in [2.24, 2.45) is 7.05 Å². The van der Waals surface area contributed by atoms with E-state index < -0.39 is 0 Å². The fourth-order valence-electron chi connectivity index (χ4n) is 4.66. The van der Waals surface area contributed by atoms with Gasteiger partial charge in [0.2, 0.25) is 0 Å². The van der Waals surface area contributed by atoms with E-state index in [2.05, 4.69) is 15.1 Å². The molecule has 5 aromatic rings. The lowest BCUT2D eigenvalue weighted by molar-refractivity contribution is -0.119. The van der Waals surface area contributed by atoms with E-state index in [1.165, 1.54) is 6.33 Å². The highest BCUT2D eigenvalue weighted by molar-refractivity contribution is 6.02. The van der Waals surface area contributed by atoms with Crippen LogP contribution in [0.3, 0.4) is 0 Å². The van der Waals surface area contributed by atoms with Gasteiger partial charge >= 0.3 is 0 Å². The highest BCUT2D eigenvalue weighted by Gasteiger charge is 2.35. The van der Waals surface area contributed by atoms with Gasteiger partial charge in [0.1, 0.15) is 23.8 Å². The van der Waals surface area contributed by atoms with E-state index in [4.69, 9.17) is 5.73 Å². The van der Waals surface area contributed by atoms with E-state index in [-0.39, 0.29) is 11.9 Å². The van der Waals surface area contributed by atoms with E-state index >= 15 is 0 Å². The molecular weight excluding hydrogens is 402 g/mol. The summed E-state index contributed by atoms with van der Waals surface area (Å²) >= 11 is 0. The van der Waals surface area contributed by atoms with Crippen molar-refractivity contribution in [2.75, 3.05) is 17.2 Å². The van der Waals surface area contributed by atoms with Crippen molar-refractivity contribution in [3.05, 3.63) is 67.3 Å². The predicted molar refractivity (Wildman–Crippen MR) is 124 cm³/mol. The number of nitrogens with two attached hydrogens (primary N) is 1. The molecule has 4 heterocycles. The van der Waals surface area contributed by atoms with Crippen LogP contribution >= 0.6 is 0 Å². The zero-order valence-electron chi connectivity index (χ0n) is 17.5. The molecule has 32 heavy (non-hydrogen) atoms. The van der Waals surface area contributed by atoms with E-state index in [1.807, 2.05) is 82.1 Å². The minimum absolute atomic E-state index is 0.0643. The Balaban J connectivity index is 1.31. The highest BCUT2D eigenvalue weighted by atomic mass is 16.2. The smallest absolute Gasteiger partial charge is 0.251 e. The van der Waals surface area contributed by atoms with Crippen molar-refractivity contribution in [3.8, 4) is 11.1 Å². The number of nitrogen functional groups attached to an aromatic ring is 1. The normalized spacial score (nSPS) is 16.5. The first kappa shape index (κ1) is 18.6. The number of aryl methyl sites for hydroxylation is 1. The van der Waals surface area contributed by atoms with E-state index in [1.54, 1.807) is 0 Å². The summed E-state index contributed by atoms with van der Waals surface area (Å²) in [5, 5.41) is 6.37. The summed E-state index contributed by atoms with van der Waals surface area (Å²) in [7, 11) is 1.94. The molecule has 0 aliphatic carbocycles. The SMILES string of the molecule is Cn1cc(-c2ccc(N3CCC(n4ncc5ccccc54)C3=O)cc2)c2c(N)ncnc21. The molecule has 2 aromatic carbocycles. The number of hydrogen-bond donors (Lipinski definition) is 1. The Morgan fingerprint density at radius 1 is 1.06 bits per heavy atom. The number of nitrogens with zero attached hydrogens (tertiary/aromatic N) is 6. The first-order chi connectivity index (χ1) is 15.6. The maximum Gasteiger partial charge on any atom is 0.251 e. The lowest BCUT2D eigenvalue weighted by Gasteiger charge is -2.17. The minimum Gasteiger partial charge on any atom is -0.383 e. The molecule has 0 radical (unpaired) electrons. The van der Waals surface area contributed by atoms with Crippen molar-refractivity contribution in [1.82, 2.24) is 24.3 Å². The largest absolute Gasteiger partial charge is 0.383 e. The number of rotatable bonds is 3. The van der Waals surface area contributed by atoms with Gasteiger partial charge in [-0.3, -0.25) is 9.48 Å². The molecule has 3 aromatic heterocycles. The number of anilines is 2. The number of benzene rings is 2. The number of para-hydroxylation sites is 1. The standard InChI is InChI=1S/C24H21N7O/c1-29-13-18(21-22(25)26-14-27-23(21)29)15-6-8-17(9-7-15)30-11-10-20(24(30)32)31-19-5-3-2-4-16(19)12-28-31/h2-9,12-14,20H,10-11H2,1H3,(H2,25,26,27). The number of fused-ring (bicyclic) bond motifs is 2. The van der Waals surface area contributed by atoms with Crippen LogP contribution in [-0.2, 0) is 11.8 Å². The average Bonchev–Trinajstić information content (AvgIpc) is 3.50. The van der Waals surface area contributed by atoms with E-state index in [0.29, 0.717) is 12.4 Å². The number of carbonyl (C=O) groups excluding carboxylic acids is 1. The first-order valence-electron chi connectivity index (χ1n) is 10.5. The minimum atomic E-state index is -0.287. The summed E-state index contributed by atoms with van der Waals surface area (Å²) in [5.74, 6) is 0.521. The van der Waals surface area contributed by atoms with Crippen molar-refractivity contribution in [1.29, 1.82) is 0 Å². The van der Waals surface area contributed by atoms with Gasteiger partial charge in [-0.15, -0.1) is 0 Å². The third-order valence-electron chi connectivity index (χ3n) is 6.25. The lowest BCUT2D eigenvalue weighted by atomic mass is 10.1. The molecule has 8 nitrogen and oxygen atoms in total. The number of hydrogen-bond acceptors (Lipinski definition) is 5. The van der Waals surface area contributed by atoms with Crippen LogP contribution in [0.2, 0.25) is 0 Å². The Morgan fingerprint density at radius 3 is 2.72 bits per heavy atom. The van der Waals surface area contributed by atoms with Gasteiger partial charge in [0.25, 0.3) is 5.91 Å².